The van der Waals surface area contributed by atoms with Gasteiger partial charge in [0.2, 0.25) is 11.8 Å². The molecule has 0 spiro atoms. The van der Waals surface area contributed by atoms with Gasteiger partial charge in [0.15, 0.2) is 0 Å². The van der Waals surface area contributed by atoms with E-state index in [-0.39, 0.29) is 5.88 Å². The monoisotopic (exact) mass is 311 g/mol. The molecule has 2 unspecified atom stereocenters. The molecule has 2 aromatic heterocycles. The van der Waals surface area contributed by atoms with Crippen molar-refractivity contribution in [2.75, 3.05) is 25.1 Å². The Kier molecular flexibility index (Phi) is 3.53. The summed E-state index contributed by atoms with van der Waals surface area (Å²) in [6.45, 7) is 2.84. The van der Waals surface area contributed by atoms with Gasteiger partial charge in [0, 0.05) is 62.3 Å². The first-order valence-electron chi connectivity index (χ1n) is 7.79. The molecule has 0 aromatic carbocycles. The third-order valence-corrected chi connectivity index (χ3v) is 4.73. The molecule has 119 valence electrons. The third-order valence-electron chi connectivity index (χ3n) is 4.73. The van der Waals surface area contributed by atoms with Crippen molar-refractivity contribution in [3.05, 3.63) is 42.2 Å². The molecule has 3 saturated heterocycles. The number of methoxy groups -OCH3 is 1. The van der Waals surface area contributed by atoms with E-state index < -0.39 is 0 Å². The van der Waals surface area contributed by atoms with Crippen molar-refractivity contribution in [1.82, 2.24) is 14.9 Å². The zero-order valence-corrected chi connectivity index (χ0v) is 13.0. The molecule has 1 N–H and O–H groups in total. The van der Waals surface area contributed by atoms with Gasteiger partial charge in [-0.25, -0.2) is 9.97 Å². The van der Waals surface area contributed by atoms with Crippen LogP contribution in [0.2, 0.25) is 0 Å². The van der Waals surface area contributed by atoms with Crippen LogP contribution in [0.3, 0.4) is 0 Å². The summed E-state index contributed by atoms with van der Waals surface area (Å²) < 4.78 is 5.10. The maximum atomic E-state index is 9.53. The molecule has 5 heterocycles. The lowest BCUT2D eigenvalue weighted by Gasteiger charge is -2.57. The first kappa shape index (κ1) is 14.3. The molecule has 1 radical (unpaired) electrons. The molecule has 0 saturated carbocycles. The molecular formula is C17H19N4O2. The number of nitrogens with zero attached hydrogens (tertiary/aromatic N) is 4. The number of piperazine rings is 1. The summed E-state index contributed by atoms with van der Waals surface area (Å²) in [5.41, 5.74) is 2.14. The third kappa shape index (κ3) is 2.70. The van der Waals surface area contributed by atoms with E-state index in [2.05, 4.69) is 31.9 Å². The highest BCUT2D eigenvalue weighted by atomic mass is 16.5. The van der Waals surface area contributed by atoms with E-state index in [0.29, 0.717) is 18.0 Å². The molecule has 0 amide bonds. The number of ether oxygens (including phenoxy) is 1. The van der Waals surface area contributed by atoms with Crippen molar-refractivity contribution < 1.29 is 9.84 Å². The van der Waals surface area contributed by atoms with Crippen LogP contribution in [-0.4, -0.2) is 52.3 Å². The summed E-state index contributed by atoms with van der Waals surface area (Å²) in [6, 6.07) is 9.86. The Balaban J connectivity index is 1.41. The van der Waals surface area contributed by atoms with E-state index in [9.17, 15) is 5.11 Å². The number of fused-ring (bicyclic) bond motifs is 2. The van der Waals surface area contributed by atoms with Crippen molar-refractivity contribution in [1.29, 1.82) is 0 Å². The minimum atomic E-state index is 0.0548. The molecule has 3 fully saturated rings. The van der Waals surface area contributed by atoms with Gasteiger partial charge in [0.1, 0.15) is 0 Å². The van der Waals surface area contributed by atoms with Crippen LogP contribution in [-0.2, 0) is 6.54 Å². The predicted octanol–water partition coefficient (Wildman–Crippen LogP) is 1.45. The molecule has 3 aliphatic rings. The fourth-order valence-electron chi connectivity index (χ4n) is 3.53. The summed E-state index contributed by atoms with van der Waals surface area (Å²) in [7, 11) is 1.63. The second kappa shape index (κ2) is 5.70. The smallest absolute Gasteiger partial charge is 0.212 e. The zero-order valence-electron chi connectivity index (χ0n) is 13.0. The van der Waals surface area contributed by atoms with Crippen LogP contribution < -0.4 is 9.64 Å². The zero-order chi connectivity index (χ0) is 15.8. The van der Waals surface area contributed by atoms with Crippen LogP contribution in [0.1, 0.15) is 12.0 Å². The largest absolute Gasteiger partial charge is 0.493 e. The van der Waals surface area contributed by atoms with Gasteiger partial charge in [-0.05, 0) is 12.0 Å². The average Bonchev–Trinajstić information content (AvgIpc) is 2.60. The highest BCUT2D eigenvalue weighted by Gasteiger charge is 2.44. The van der Waals surface area contributed by atoms with Gasteiger partial charge in [-0.1, -0.05) is 6.07 Å². The Bertz CT molecular complexity index is 679. The Morgan fingerprint density at radius 3 is 2.78 bits per heavy atom. The van der Waals surface area contributed by atoms with Crippen molar-refractivity contribution in [3.8, 4) is 11.8 Å². The molecule has 3 aliphatic heterocycles. The number of hydrogen-bond acceptors (Lipinski definition) is 6. The van der Waals surface area contributed by atoms with Gasteiger partial charge in [-0.2, -0.15) is 0 Å². The van der Waals surface area contributed by atoms with Crippen LogP contribution in [0, 0.1) is 6.07 Å². The maximum absolute atomic E-state index is 9.53. The second-order valence-electron chi connectivity index (χ2n) is 6.12. The first-order chi connectivity index (χ1) is 11.2. The lowest BCUT2D eigenvalue weighted by atomic mass is 9.86. The molecule has 6 nitrogen and oxygen atoms in total. The van der Waals surface area contributed by atoms with Crippen molar-refractivity contribution in [2.24, 2.45) is 0 Å². The summed E-state index contributed by atoms with van der Waals surface area (Å²) in [5.74, 6) is 0.705. The van der Waals surface area contributed by atoms with E-state index >= 15 is 0 Å². The summed E-state index contributed by atoms with van der Waals surface area (Å²) >= 11 is 0. The Labute approximate surface area is 135 Å². The van der Waals surface area contributed by atoms with Crippen molar-refractivity contribution >= 4 is 5.69 Å². The number of hydrogen-bond donors (Lipinski definition) is 1. The summed E-state index contributed by atoms with van der Waals surface area (Å²) in [4.78, 5) is 12.9. The number of aromatic hydroxyl groups is 1. The highest BCUT2D eigenvalue weighted by Crippen LogP contribution is 2.36. The van der Waals surface area contributed by atoms with Gasteiger partial charge in [-0.15, -0.1) is 0 Å². The van der Waals surface area contributed by atoms with E-state index in [4.69, 9.17) is 4.74 Å². The summed E-state index contributed by atoms with van der Waals surface area (Å²) in [6.07, 6.45) is 4.65. The minimum Gasteiger partial charge on any atom is -0.493 e. The average molecular weight is 311 g/mol. The SMILES string of the molecule is COc1ccc(CN2C3CC2CN(c2[c]cnc(O)c2)C3)cn1. The van der Waals surface area contributed by atoms with E-state index in [1.807, 2.05) is 12.3 Å². The second-order valence-corrected chi connectivity index (χ2v) is 6.12. The van der Waals surface area contributed by atoms with Gasteiger partial charge in [0.05, 0.1) is 12.8 Å². The fraction of sp³-hybridized carbons (Fsp3) is 0.412. The number of piperidine rings is 1. The van der Waals surface area contributed by atoms with Crippen LogP contribution in [0.5, 0.6) is 11.8 Å². The topological polar surface area (TPSA) is 61.7 Å². The maximum Gasteiger partial charge on any atom is 0.212 e. The van der Waals surface area contributed by atoms with Gasteiger partial charge in [-0.3, -0.25) is 4.90 Å². The quantitative estimate of drug-likeness (QED) is 0.922. The van der Waals surface area contributed by atoms with E-state index in [1.54, 1.807) is 13.2 Å². The van der Waals surface area contributed by atoms with Gasteiger partial charge >= 0.3 is 0 Å². The van der Waals surface area contributed by atoms with E-state index in [1.165, 1.54) is 18.2 Å². The standard InChI is InChI=1S/C17H19N4O2/c1-23-17-3-2-12(8-19-17)9-21-14-6-15(21)11-20(10-14)13-4-5-18-16(22)7-13/h2-3,5,7-8,14-15H,6,9-11H2,1H3,(H,18,22). The summed E-state index contributed by atoms with van der Waals surface area (Å²) in [5, 5.41) is 9.53. The molecule has 2 atom stereocenters. The Morgan fingerprint density at radius 1 is 1.30 bits per heavy atom. The number of anilines is 1. The van der Waals surface area contributed by atoms with Crippen LogP contribution in [0.25, 0.3) is 0 Å². The molecule has 2 aromatic rings. The first-order valence-corrected chi connectivity index (χ1v) is 7.79. The van der Waals surface area contributed by atoms with Crippen LogP contribution in [0.4, 0.5) is 5.69 Å². The Hall–Kier alpha value is -2.34. The lowest BCUT2D eigenvalue weighted by Crippen LogP contribution is -2.68. The molecule has 5 rings (SSSR count). The molecule has 6 heteroatoms. The number of aromatic nitrogens is 2. The predicted molar refractivity (Wildman–Crippen MR) is 85.5 cm³/mol. The Morgan fingerprint density at radius 2 is 2.13 bits per heavy atom. The number of pyridine rings is 2. The van der Waals surface area contributed by atoms with E-state index in [0.717, 1.165) is 25.3 Å². The van der Waals surface area contributed by atoms with Gasteiger partial charge in [0.25, 0.3) is 0 Å². The van der Waals surface area contributed by atoms with Crippen molar-refractivity contribution in [3.63, 3.8) is 0 Å². The minimum absolute atomic E-state index is 0.0548. The van der Waals surface area contributed by atoms with Crippen LogP contribution in [0.15, 0.2) is 30.6 Å². The van der Waals surface area contributed by atoms with Crippen molar-refractivity contribution in [2.45, 2.75) is 25.0 Å². The fourth-order valence-corrected chi connectivity index (χ4v) is 3.53. The molecule has 0 aliphatic carbocycles. The normalized spacial score (nSPS) is 23.4. The van der Waals surface area contributed by atoms with Crippen LogP contribution >= 0.6 is 0 Å². The lowest BCUT2D eigenvalue weighted by molar-refractivity contribution is -0.00854. The van der Waals surface area contributed by atoms with Gasteiger partial charge < -0.3 is 14.7 Å². The highest BCUT2D eigenvalue weighted by molar-refractivity contribution is 5.48. The molecular weight excluding hydrogens is 292 g/mol. The molecule has 2 bridgehead atoms. The number of rotatable bonds is 4. The molecule has 23 heavy (non-hydrogen) atoms.